The minimum Gasteiger partial charge on any atom is -0.495 e. The fourth-order valence-corrected chi connectivity index (χ4v) is 2.63. The summed E-state index contributed by atoms with van der Waals surface area (Å²) in [7, 11) is 1.45. The van der Waals surface area contributed by atoms with E-state index in [9.17, 15) is 9.59 Å². The van der Waals surface area contributed by atoms with Crippen LogP contribution in [0.25, 0.3) is 0 Å². The molecule has 0 radical (unpaired) electrons. The summed E-state index contributed by atoms with van der Waals surface area (Å²) in [6.45, 7) is 0. The van der Waals surface area contributed by atoms with Crippen molar-refractivity contribution in [2.24, 2.45) is 0 Å². The van der Waals surface area contributed by atoms with E-state index in [-0.39, 0.29) is 17.2 Å². The van der Waals surface area contributed by atoms with Gasteiger partial charge in [-0.15, -0.1) is 11.8 Å². The first-order chi connectivity index (χ1) is 11.0. The van der Waals surface area contributed by atoms with Crippen LogP contribution in [-0.4, -0.2) is 29.8 Å². The molecule has 0 saturated heterocycles. The quantitative estimate of drug-likeness (QED) is 0.775. The Kier molecular flexibility index (Phi) is 5.90. The van der Waals surface area contributed by atoms with E-state index in [1.165, 1.54) is 37.1 Å². The largest absolute Gasteiger partial charge is 0.495 e. The van der Waals surface area contributed by atoms with Crippen LogP contribution in [0.2, 0.25) is 5.02 Å². The number of amides is 1. The number of aromatic carboxylic acids is 1. The number of ether oxygens (including phenoxy) is 1. The second kappa shape index (κ2) is 7.89. The maximum atomic E-state index is 12.0. The van der Waals surface area contributed by atoms with Gasteiger partial charge >= 0.3 is 5.97 Å². The molecule has 1 amide bonds. The summed E-state index contributed by atoms with van der Waals surface area (Å²) in [5.74, 6) is -0.744. The van der Waals surface area contributed by atoms with Crippen LogP contribution in [0.3, 0.4) is 0 Å². The molecule has 120 valence electrons. The minimum atomic E-state index is -1.07. The fraction of sp³-hybridized carbons (Fsp3) is 0.125. The first-order valence-electron chi connectivity index (χ1n) is 6.59. The second-order valence-corrected chi connectivity index (χ2v) is 6.00. The van der Waals surface area contributed by atoms with Crippen molar-refractivity contribution in [1.82, 2.24) is 0 Å². The zero-order valence-electron chi connectivity index (χ0n) is 12.2. The van der Waals surface area contributed by atoms with E-state index in [2.05, 4.69) is 5.32 Å². The molecule has 0 aliphatic carbocycles. The number of nitrogens with one attached hydrogen (secondary N) is 1. The number of thioether (sulfide) groups is 1. The van der Waals surface area contributed by atoms with E-state index >= 15 is 0 Å². The van der Waals surface area contributed by atoms with Crippen molar-refractivity contribution >= 4 is 40.9 Å². The van der Waals surface area contributed by atoms with Crippen molar-refractivity contribution in [1.29, 1.82) is 0 Å². The molecule has 5 nitrogen and oxygen atoms in total. The lowest BCUT2D eigenvalue weighted by atomic mass is 10.2. The summed E-state index contributed by atoms with van der Waals surface area (Å²) in [6.07, 6.45) is 0. The fourth-order valence-electron chi connectivity index (χ4n) is 1.80. The van der Waals surface area contributed by atoms with Gasteiger partial charge in [-0.25, -0.2) is 4.79 Å². The third kappa shape index (κ3) is 4.91. The molecule has 23 heavy (non-hydrogen) atoms. The third-order valence-electron chi connectivity index (χ3n) is 2.90. The molecule has 2 N–H and O–H groups in total. The molecule has 0 spiro atoms. The lowest BCUT2D eigenvalue weighted by Gasteiger charge is -2.11. The standard InChI is InChI=1S/C16H14ClNO4S/c1-22-14-7-2-10(16(20)21)8-13(14)18-15(19)9-23-12-5-3-11(17)4-6-12/h2-8H,9H2,1H3,(H,18,19)(H,20,21). The van der Waals surface area contributed by atoms with Gasteiger partial charge in [0.25, 0.3) is 0 Å². The van der Waals surface area contributed by atoms with Gasteiger partial charge in [0, 0.05) is 9.92 Å². The van der Waals surface area contributed by atoms with E-state index in [0.29, 0.717) is 16.5 Å². The van der Waals surface area contributed by atoms with E-state index in [4.69, 9.17) is 21.4 Å². The molecule has 0 fully saturated rings. The number of carboxylic acids is 1. The third-order valence-corrected chi connectivity index (χ3v) is 4.17. The zero-order valence-corrected chi connectivity index (χ0v) is 13.8. The molecular formula is C16H14ClNO4S. The summed E-state index contributed by atoms with van der Waals surface area (Å²) in [4.78, 5) is 24.0. The Hall–Kier alpha value is -2.18. The number of carbonyl (C=O) groups is 2. The number of hydrogen-bond donors (Lipinski definition) is 2. The van der Waals surface area contributed by atoms with Gasteiger partial charge in [0.15, 0.2) is 0 Å². The van der Waals surface area contributed by atoms with Crippen molar-refractivity contribution < 1.29 is 19.4 Å². The van der Waals surface area contributed by atoms with Crippen LogP contribution in [0.1, 0.15) is 10.4 Å². The van der Waals surface area contributed by atoms with Gasteiger partial charge in [-0.2, -0.15) is 0 Å². The average Bonchev–Trinajstić information content (AvgIpc) is 2.54. The molecule has 7 heteroatoms. The number of benzene rings is 2. The Labute approximate surface area is 142 Å². The molecule has 0 bridgehead atoms. The Morgan fingerprint density at radius 3 is 2.52 bits per heavy atom. The number of hydrogen-bond acceptors (Lipinski definition) is 4. The van der Waals surface area contributed by atoms with Gasteiger partial charge in [0.1, 0.15) is 5.75 Å². The maximum Gasteiger partial charge on any atom is 0.335 e. The highest BCUT2D eigenvalue weighted by Crippen LogP contribution is 2.26. The number of carboxylic acid groups (broad SMARTS) is 1. The van der Waals surface area contributed by atoms with E-state index in [1.54, 1.807) is 12.1 Å². The molecule has 0 unspecified atom stereocenters. The van der Waals surface area contributed by atoms with Crippen molar-refractivity contribution in [2.45, 2.75) is 4.90 Å². The van der Waals surface area contributed by atoms with Crippen LogP contribution in [-0.2, 0) is 4.79 Å². The maximum absolute atomic E-state index is 12.0. The van der Waals surface area contributed by atoms with Crippen LogP contribution in [0, 0.1) is 0 Å². The highest BCUT2D eigenvalue weighted by atomic mass is 35.5. The van der Waals surface area contributed by atoms with Gasteiger partial charge in [-0.3, -0.25) is 4.79 Å². The van der Waals surface area contributed by atoms with Crippen molar-refractivity contribution in [3.63, 3.8) is 0 Å². The van der Waals surface area contributed by atoms with Gasteiger partial charge in [-0.05, 0) is 42.5 Å². The molecule has 2 aromatic rings. The van der Waals surface area contributed by atoms with Crippen LogP contribution in [0.4, 0.5) is 5.69 Å². The second-order valence-electron chi connectivity index (χ2n) is 4.51. The van der Waals surface area contributed by atoms with Crippen LogP contribution < -0.4 is 10.1 Å². The van der Waals surface area contributed by atoms with Crippen LogP contribution in [0.15, 0.2) is 47.4 Å². The smallest absolute Gasteiger partial charge is 0.335 e. The van der Waals surface area contributed by atoms with Crippen molar-refractivity contribution in [3.8, 4) is 5.75 Å². The molecule has 2 aromatic carbocycles. The number of rotatable bonds is 6. The van der Waals surface area contributed by atoms with Crippen molar-refractivity contribution in [2.75, 3.05) is 18.2 Å². The van der Waals surface area contributed by atoms with E-state index in [0.717, 1.165) is 4.90 Å². The lowest BCUT2D eigenvalue weighted by Crippen LogP contribution is -2.15. The summed E-state index contributed by atoms with van der Waals surface area (Å²) >= 11 is 7.16. The normalized spacial score (nSPS) is 10.2. The Morgan fingerprint density at radius 2 is 1.91 bits per heavy atom. The number of methoxy groups -OCH3 is 1. The van der Waals surface area contributed by atoms with Gasteiger partial charge in [0.05, 0.1) is 24.1 Å². The van der Waals surface area contributed by atoms with Crippen LogP contribution >= 0.6 is 23.4 Å². The number of anilines is 1. The SMILES string of the molecule is COc1ccc(C(=O)O)cc1NC(=O)CSc1ccc(Cl)cc1. The monoisotopic (exact) mass is 351 g/mol. The average molecular weight is 352 g/mol. The topological polar surface area (TPSA) is 75.6 Å². The molecule has 0 aliphatic rings. The molecule has 0 heterocycles. The van der Waals surface area contributed by atoms with Crippen LogP contribution in [0.5, 0.6) is 5.75 Å². The van der Waals surface area contributed by atoms with E-state index in [1.807, 2.05) is 12.1 Å². The molecule has 0 aromatic heterocycles. The van der Waals surface area contributed by atoms with Crippen molar-refractivity contribution in [3.05, 3.63) is 53.1 Å². The molecule has 0 aliphatic heterocycles. The summed E-state index contributed by atoms with van der Waals surface area (Å²) < 4.78 is 5.13. The van der Waals surface area contributed by atoms with Gasteiger partial charge in [-0.1, -0.05) is 11.6 Å². The first kappa shape index (κ1) is 17.2. The first-order valence-corrected chi connectivity index (χ1v) is 7.95. The predicted molar refractivity (Wildman–Crippen MR) is 90.8 cm³/mol. The summed E-state index contributed by atoms with van der Waals surface area (Å²) in [5, 5.41) is 12.3. The Morgan fingerprint density at radius 1 is 1.22 bits per heavy atom. The number of carbonyl (C=O) groups excluding carboxylic acids is 1. The number of halogens is 1. The summed E-state index contributed by atoms with van der Waals surface area (Å²) in [5.41, 5.74) is 0.403. The Balaban J connectivity index is 2.02. The zero-order chi connectivity index (χ0) is 16.8. The highest BCUT2D eigenvalue weighted by molar-refractivity contribution is 8.00. The molecule has 0 saturated carbocycles. The molecule has 2 rings (SSSR count). The lowest BCUT2D eigenvalue weighted by molar-refractivity contribution is -0.113. The van der Waals surface area contributed by atoms with Gasteiger partial charge in [0.2, 0.25) is 5.91 Å². The van der Waals surface area contributed by atoms with Gasteiger partial charge < -0.3 is 15.2 Å². The highest BCUT2D eigenvalue weighted by Gasteiger charge is 2.12. The molecular weight excluding hydrogens is 338 g/mol. The predicted octanol–water partition coefficient (Wildman–Crippen LogP) is 3.78. The summed E-state index contributed by atoms with van der Waals surface area (Å²) in [6, 6.07) is 11.4. The Bertz CT molecular complexity index is 719. The molecule has 0 atom stereocenters. The van der Waals surface area contributed by atoms with E-state index < -0.39 is 5.97 Å². The minimum absolute atomic E-state index is 0.0754.